The fraction of sp³-hybridized carbons (Fsp3) is 0.0909. The second-order valence-electron chi connectivity index (χ2n) is 2.95. The van der Waals surface area contributed by atoms with Crippen LogP contribution in [0, 0.1) is 13.8 Å². The summed E-state index contributed by atoms with van der Waals surface area (Å²) in [5, 5.41) is 1.21. The summed E-state index contributed by atoms with van der Waals surface area (Å²) in [4.78, 5) is 4.33. The van der Waals surface area contributed by atoms with Crippen LogP contribution in [0.2, 0.25) is 0 Å². The third-order valence-corrected chi connectivity index (χ3v) is 1.98. The van der Waals surface area contributed by atoms with Crippen molar-refractivity contribution in [2.45, 2.75) is 6.92 Å². The Kier molecular flexibility index (Phi) is 1.58. The number of aryl methyl sites for hydroxylation is 1. The third kappa shape index (κ3) is 1.07. The summed E-state index contributed by atoms with van der Waals surface area (Å²) in [5.74, 6) is 0. The van der Waals surface area contributed by atoms with E-state index >= 15 is 0 Å². The first-order valence-electron chi connectivity index (χ1n) is 3.96. The Morgan fingerprint density at radius 1 is 1.25 bits per heavy atom. The molecule has 1 aromatic carbocycles. The third-order valence-electron chi connectivity index (χ3n) is 1.98. The number of nitrogens with zero attached hydrogens (tertiary/aromatic N) is 1. The summed E-state index contributed by atoms with van der Waals surface area (Å²) in [7, 11) is 0. The van der Waals surface area contributed by atoms with E-state index in [1.54, 1.807) is 0 Å². The summed E-state index contributed by atoms with van der Waals surface area (Å²) in [6.45, 7) is 5.90. The maximum atomic E-state index is 4.33. The molecule has 1 aromatic heterocycles. The van der Waals surface area contributed by atoms with Crippen molar-refractivity contribution >= 4 is 10.9 Å². The van der Waals surface area contributed by atoms with E-state index in [9.17, 15) is 0 Å². The maximum absolute atomic E-state index is 4.33. The molecule has 0 fully saturated rings. The molecule has 2 rings (SSSR count). The minimum Gasteiger partial charge on any atom is -0.253 e. The van der Waals surface area contributed by atoms with Gasteiger partial charge < -0.3 is 0 Å². The second-order valence-corrected chi connectivity index (χ2v) is 2.95. The lowest BCUT2D eigenvalue weighted by Crippen LogP contribution is -1.85. The summed E-state index contributed by atoms with van der Waals surface area (Å²) < 4.78 is 0. The van der Waals surface area contributed by atoms with Gasteiger partial charge in [0.1, 0.15) is 0 Å². The molecule has 0 saturated heterocycles. The number of hydrogen-bond acceptors (Lipinski definition) is 1. The monoisotopic (exact) mass is 156 g/mol. The summed E-state index contributed by atoms with van der Waals surface area (Å²) in [6.07, 6.45) is 0. The average Bonchev–Trinajstić information content (AvgIpc) is 2.04. The molecule has 1 radical (unpaired) electrons. The highest BCUT2D eigenvalue weighted by Gasteiger charge is 1.97. The van der Waals surface area contributed by atoms with Crippen LogP contribution in [-0.2, 0) is 0 Å². The fourth-order valence-corrected chi connectivity index (χ4v) is 1.42. The summed E-state index contributed by atoms with van der Waals surface area (Å²) in [6, 6.07) is 10.1. The molecule has 0 aliphatic carbocycles. The van der Waals surface area contributed by atoms with Gasteiger partial charge in [-0.05, 0) is 31.5 Å². The predicted octanol–water partition coefficient (Wildman–Crippen LogP) is 2.73. The Morgan fingerprint density at radius 2 is 2.00 bits per heavy atom. The number of rotatable bonds is 0. The highest BCUT2D eigenvalue weighted by atomic mass is 14.7. The fourth-order valence-electron chi connectivity index (χ4n) is 1.42. The van der Waals surface area contributed by atoms with E-state index in [0.717, 1.165) is 11.2 Å². The van der Waals surface area contributed by atoms with E-state index in [1.807, 2.05) is 24.3 Å². The van der Waals surface area contributed by atoms with E-state index in [0.29, 0.717) is 0 Å². The van der Waals surface area contributed by atoms with Crippen molar-refractivity contribution < 1.29 is 0 Å². The Bertz CT molecular complexity index is 418. The van der Waals surface area contributed by atoms with Gasteiger partial charge in [0.05, 0.1) is 5.52 Å². The van der Waals surface area contributed by atoms with Crippen molar-refractivity contribution in [3.05, 3.63) is 48.5 Å². The van der Waals surface area contributed by atoms with Crippen LogP contribution in [0.4, 0.5) is 0 Å². The van der Waals surface area contributed by atoms with Gasteiger partial charge in [-0.25, -0.2) is 0 Å². The van der Waals surface area contributed by atoms with Gasteiger partial charge in [0.2, 0.25) is 0 Å². The van der Waals surface area contributed by atoms with Crippen molar-refractivity contribution in [2.75, 3.05) is 0 Å². The minimum absolute atomic E-state index is 0.839. The van der Waals surface area contributed by atoms with Gasteiger partial charge in [-0.3, -0.25) is 4.98 Å². The molecule has 0 unspecified atom stereocenters. The summed E-state index contributed by atoms with van der Waals surface area (Å²) >= 11 is 0. The van der Waals surface area contributed by atoms with Crippen LogP contribution in [0.5, 0.6) is 0 Å². The normalized spacial score (nSPS) is 10.5. The number of fused-ring (bicyclic) bond motifs is 1. The van der Waals surface area contributed by atoms with Crippen molar-refractivity contribution in [2.24, 2.45) is 0 Å². The molecule has 1 heterocycles. The Hall–Kier alpha value is -1.37. The first kappa shape index (κ1) is 7.29. The molecule has 1 heteroatoms. The molecule has 0 aliphatic rings. The minimum atomic E-state index is 0.839. The molecule has 1 nitrogen and oxygen atoms in total. The van der Waals surface area contributed by atoms with Crippen molar-refractivity contribution in [1.29, 1.82) is 0 Å². The van der Waals surface area contributed by atoms with Gasteiger partial charge in [0.25, 0.3) is 0 Å². The maximum Gasteiger partial charge on any atom is 0.0707 e. The van der Waals surface area contributed by atoms with Crippen LogP contribution >= 0.6 is 0 Å². The van der Waals surface area contributed by atoms with Crippen LogP contribution in [0.25, 0.3) is 10.9 Å². The molecule has 0 N–H and O–H groups in total. The molecule has 0 aliphatic heterocycles. The lowest BCUT2D eigenvalue weighted by molar-refractivity contribution is 1.31. The van der Waals surface area contributed by atoms with Gasteiger partial charge in [-0.1, -0.05) is 18.2 Å². The molecule has 0 amide bonds. The van der Waals surface area contributed by atoms with Crippen molar-refractivity contribution in [1.82, 2.24) is 4.98 Å². The largest absolute Gasteiger partial charge is 0.253 e. The predicted molar refractivity (Wildman–Crippen MR) is 50.9 cm³/mol. The van der Waals surface area contributed by atoms with E-state index in [-0.39, 0.29) is 0 Å². The first-order chi connectivity index (χ1) is 5.77. The van der Waals surface area contributed by atoms with Crippen molar-refractivity contribution in [3.8, 4) is 0 Å². The Labute approximate surface area is 72.1 Å². The standard InChI is InChI=1S/C11H10N/c1-8-7-9(2)12-11-6-4-3-5-10(8)11/h3-7H,2H2,1H3. The molecule has 0 bridgehead atoms. The van der Waals surface area contributed by atoms with Gasteiger partial charge in [-0.15, -0.1) is 0 Å². The number of pyridine rings is 1. The van der Waals surface area contributed by atoms with E-state index in [2.05, 4.69) is 24.9 Å². The van der Waals surface area contributed by atoms with Gasteiger partial charge in [-0.2, -0.15) is 0 Å². The lowest BCUT2D eigenvalue weighted by Gasteiger charge is -2.01. The molecule has 0 spiro atoms. The van der Waals surface area contributed by atoms with Gasteiger partial charge >= 0.3 is 0 Å². The molecule has 0 saturated carbocycles. The summed E-state index contributed by atoms with van der Waals surface area (Å²) in [5.41, 5.74) is 3.11. The van der Waals surface area contributed by atoms with Crippen molar-refractivity contribution in [3.63, 3.8) is 0 Å². The SMILES string of the molecule is [CH2]c1cc(C)c2ccccc2n1. The molecular weight excluding hydrogens is 146 g/mol. The Balaban J connectivity index is 2.89. The quantitative estimate of drug-likeness (QED) is 0.571. The zero-order valence-electron chi connectivity index (χ0n) is 7.04. The van der Waals surface area contributed by atoms with Crippen LogP contribution < -0.4 is 0 Å². The van der Waals surface area contributed by atoms with E-state index in [4.69, 9.17) is 0 Å². The molecule has 2 aromatic rings. The average molecular weight is 156 g/mol. The zero-order chi connectivity index (χ0) is 8.55. The second kappa shape index (κ2) is 2.59. The van der Waals surface area contributed by atoms with Crippen LogP contribution in [0.1, 0.15) is 11.3 Å². The topological polar surface area (TPSA) is 12.9 Å². The number of hydrogen-bond donors (Lipinski definition) is 0. The van der Waals surface area contributed by atoms with Gasteiger partial charge in [0, 0.05) is 11.1 Å². The van der Waals surface area contributed by atoms with E-state index in [1.165, 1.54) is 10.9 Å². The molecule has 12 heavy (non-hydrogen) atoms. The smallest absolute Gasteiger partial charge is 0.0707 e. The molecular formula is C11H10N. The number of para-hydroxylation sites is 1. The number of benzene rings is 1. The molecule has 59 valence electrons. The van der Waals surface area contributed by atoms with Crippen LogP contribution in [-0.4, -0.2) is 4.98 Å². The van der Waals surface area contributed by atoms with E-state index < -0.39 is 0 Å². The number of aromatic nitrogens is 1. The Morgan fingerprint density at radius 3 is 2.83 bits per heavy atom. The first-order valence-corrected chi connectivity index (χ1v) is 3.96. The zero-order valence-corrected chi connectivity index (χ0v) is 7.04. The highest BCUT2D eigenvalue weighted by Crippen LogP contribution is 2.16. The lowest BCUT2D eigenvalue weighted by atomic mass is 10.1. The highest BCUT2D eigenvalue weighted by molar-refractivity contribution is 5.82. The molecule has 0 atom stereocenters. The van der Waals surface area contributed by atoms with Crippen LogP contribution in [0.15, 0.2) is 30.3 Å². The van der Waals surface area contributed by atoms with Gasteiger partial charge in [0.15, 0.2) is 0 Å². The van der Waals surface area contributed by atoms with Crippen LogP contribution in [0.3, 0.4) is 0 Å².